The van der Waals surface area contributed by atoms with E-state index in [-0.39, 0.29) is 7.43 Å². The van der Waals surface area contributed by atoms with Gasteiger partial charge in [-0.2, -0.15) is 4.37 Å². The fraction of sp³-hybridized carbons (Fsp3) is 0.583. The maximum Gasteiger partial charge on any atom is 0.139 e. The third-order valence-corrected chi connectivity index (χ3v) is 5.17. The van der Waals surface area contributed by atoms with Gasteiger partial charge in [-0.05, 0) is 40.9 Å². The Bertz CT molecular complexity index is 827. The fourth-order valence-corrected chi connectivity index (χ4v) is 3.06. The van der Waals surface area contributed by atoms with Crippen molar-refractivity contribution in [1.29, 1.82) is 0 Å². The van der Waals surface area contributed by atoms with Crippen LogP contribution in [0.5, 0.6) is 0 Å². The summed E-state index contributed by atoms with van der Waals surface area (Å²) in [5.74, 6) is 3.13. The lowest BCUT2D eigenvalue weighted by molar-refractivity contribution is 0.371. The van der Waals surface area contributed by atoms with Gasteiger partial charge in [0.15, 0.2) is 0 Å². The Kier molecular flexibility index (Phi) is 42.3. The molecule has 0 saturated heterocycles. The molecular formula is C36H67N3O2S. The second-order valence-corrected chi connectivity index (χ2v) is 9.46. The molecule has 0 bridgehead atoms. The minimum atomic E-state index is 0. The molecular weight excluding hydrogens is 538 g/mol. The van der Waals surface area contributed by atoms with E-state index in [0.29, 0.717) is 23.7 Å². The van der Waals surface area contributed by atoms with Gasteiger partial charge in [-0.3, -0.25) is 0 Å². The maximum atomic E-state index is 4.84. The van der Waals surface area contributed by atoms with Crippen molar-refractivity contribution >= 4 is 11.5 Å². The lowest BCUT2D eigenvalue weighted by atomic mass is 10.0. The molecule has 3 heterocycles. The number of hydrogen-bond acceptors (Lipinski definition) is 6. The van der Waals surface area contributed by atoms with Crippen molar-refractivity contribution in [2.24, 2.45) is 0 Å². The van der Waals surface area contributed by atoms with E-state index in [4.69, 9.17) is 4.52 Å². The summed E-state index contributed by atoms with van der Waals surface area (Å²) in [5.41, 5.74) is 3.64. The van der Waals surface area contributed by atoms with Crippen LogP contribution in [0.4, 0.5) is 0 Å². The smallest absolute Gasteiger partial charge is 0.139 e. The summed E-state index contributed by atoms with van der Waals surface area (Å²) in [4.78, 5) is 0. The highest BCUT2D eigenvalue weighted by atomic mass is 32.1. The second kappa shape index (κ2) is 36.3. The largest absolute Gasteiger partial charge is 0.365 e. The van der Waals surface area contributed by atoms with Gasteiger partial charge in [0.25, 0.3) is 0 Å². The van der Waals surface area contributed by atoms with Crippen LogP contribution < -0.4 is 0 Å². The number of hydrogen-bond donors (Lipinski definition) is 0. The van der Waals surface area contributed by atoms with E-state index < -0.39 is 0 Å². The monoisotopic (exact) mass is 605 g/mol. The zero-order valence-electron chi connectivity index (χ0n) is 29.2. The zero-order valence-corrected chi connectivity index (χ0v) is 30.0. The third-order valence-electron chi connectivity index (χ3n) is 4.59. The second-order valence-electron chi connectivity index (χ2n) is 8.79. The molecule has 42 heavy (non-hydrogen) atoms. The van der Waals surface area contributed by atoms with Crippen molar-refractivity contribution < 1.29 is 9.05 Å². The van der Waals surface area contributed by atoms with E-state index in [1.54, 1.807) is 12.5 Å². The van der Waals surface area contributed by atoms with Crippen LogP contribution in [0.3, 0.4) is 0 Å². The van der Waals surface area contributed by atoms with Gasteiger partial charge in [0.05, 0.1) is 17.6 Å². The van der Waals surface area contributed by atoms with Crippen LogP contribution in [0, 0.1) is 0 Å². The predicted octanol–water partition coefficient (Wildman–Crippen LogP) is 13.4. The van der Waals surface area contributed by atoms with Gasteiger partial charge < -0.3 is 9.05 Å². The van der Waals surface area contributed by atoms with Gasteiger partial charge in [0.1, 0.15) is 12.0 Å². The first-order valence-corrected chi connectivity index (χ1v) is 16.3. The van der Waals surface area contributed by atoms with E-state index in [2.05, 4.69) is 105 Å². The maximum absolute atomic E-state index is 4.84. The molecule has 0 aliphatic heterocycles. The molecule has 0 aliphatic carbocycles. The van der Waals surface area contributed by atoms with Crippen LogP contribution in [0.1, 0.15) is 165 Å². The quantitative estimate of drug-likeness (QED) is 0.231. The Morgan fingerprint density at radius 2 is 1.12 bits per heavy atom. The highest BCUT2D eigenvalue weighted by Gasteiger charge is 2.00. The van der Waals surface area contributed by atoms with Crippen molar-refractivity contribution in [1.82, 2.24) is 14.7 Å². The van der Waals surface area contributed by atoms with E-state index in [0.717, 1.165) is 11.5 Å². The molecule has 0 aliphatic rings. The van der Waals surface area contributed by atoms with E-state index in [1.165, 1.54) is 22.8 Å². The first kappa shape index (κ1) is 49.0. The van der Waals surface area contributed by atoms with Crippen LogP contribution in [-0.4, -0.2) is 14.7 Å². The average molecular weight is 606 g/mol. The summed E-state index contributed by atoms with van der Waals surface area (Å²) in [6.07, 6.45) is 3.25. The number of benzene rings is 1. The third kappa shape index (κ3) is 27.4. The lowest BCUT2D eigenvalue weighted by Crippen LogP contribution is -1.83. The highest BCUT2D eigenvalue weighted by molar-refractivity contribution is 7.03. The summed E-state index contributed by atoms with van der Waals surface area (Å²) in [5, 5.41) is 9.32. The molecule has 4 rings (SSSR count). The molecule has 0 unspecified atom stereocenters. The summed E-state index contributed by atoms with van der Waals surface area (Å²) < 4.78 is 13.6. The zero-order chi connectivity index (χ0) is 32.6. The fourth-order valence-electron chi connectivity index (χ4n) is 2.40. The van der Waals surface area contributed by atoms with Crippen molar-refractivity contribution in [3.63, 3.8) is 0 Å². The molecule has 0 N–H and O–H groups in total. The number of nitrogens with zero attached hydrogens (tertiary/aromatic N) is 3. The summed E-state index contributed by atoms with van der Waals surface area (Å²) in [6, 6.07) is 16.3. The van der Waals surface area contributed by atoms with E-state index >= 15 is 0 Å². The molecule has 0 saturated carbocycles. The van der Waals surface area contributed by atoms with Crippen molar-refractivity contribution in [3.8, 4) is 0 Å². The van der Waals surface area contributed by atoms with Crippen molar-refractivity contribution in [2.45, 2.75) is 142 Å². The highest BCUT2D eigenvalue weighted by Crippen LogP contribution is 2.13. The van der Waals surface area contributed by atoms with Gasteiger partial charge in [0.2, 0.25) is 0 Å². The normalized spacial score (nSPS) is 8.67. The topological polar surface area (TPSA) is 65.0 Å². The molecule has 0 atom stereocenters. The Balaban J connectivity index is -0.000000133. The van der Waals surface area contributed by atoms with Crippen LogP contribution in [0.15, 0.2) is 75.4 Å². The van der Waals surface area contributed by atoms with Crippen LogP contribution in [-0.2, 0) is 0 Å². The Hall–Kier alpha value is -2.73. The summed E-state index contributed by atoms with van der Waals surface area (Å²) >= 11 is 1.52. The molecule has 6 heteroatoms. The molecule has 244 valence electrons. The van der Waals surface area contributed by atoms with Gasteiger partial charge in [0, 0.05) is 23.4 Å². The first-order chi connectivity index (χ1) is 19.7. The summed E-state index contributed by atoms with van der Waals surface area (Å²) in [6.45, 7) is 33.0. The first-order valence-electron chi connectivity index (χ1n) is 15.5. The standard InChI is InChI=1S/C9H12.2C6H9NO.C6H9NS.4C2H6.CH4/c1-8(2)9-6-4-3-5-7-9;1-5(2)6-3-4-8-7-6;1-5(2)6-3-4-7-8-6;1-5(2)6-3-4-8-7-6;4*1-2;/h3-8H,1-2H3;3*3-5H,1-2H3;4*1-2H3;1H4. The van der Waals surface area contributed by atoms with Crippen LogP contribution in [0.25, 0.3) is 0 Å². The minimum absolute atomic E-state index is 0. The van der Waals surface area contributed by atoms with E-state index in [9.17, 15) is 0 Å². The Morgan fingerprint density at radius 1 is 0.595 bits per heavy atom. The molecule has 3 aromatic heterocycles. The predicted molar refractivity (Wildman–Crippen MR) is 190 cm³/mol. The van der Waals surface area contributed by atoms with Crippen LogP contribution in [0.2, 0.25) is 0 Å². The summed E-state index contributed by atoms with van der Waals surface area (Å²) in [7, 11) is 0. The van der Waals surface area contributed by atoms with Crippen molar-refractivity contribution in [3.05, 3.63) is 89.1 Å². The minimum Gasteiger partial charge on any atom is -0.365 e. The molecule has 0 radical (unpaired) electrons. The molecule has 0 spiro atoms. The molecule has 1 aromatic carbocycles. The van der Waals surface area contributed by atoms with Crippen LogP contribution >= 0.6 is 11.5 Å². The number of rotatable bonds is 4. The lowest BCUT2D eigenvalue weighted by Gasteiger charge is -2.01. The number of aromatic nitrogens is 3. The molecule has 4 aromatic rings. The van der Waals surface area contributed by atoms with Gasteiger partial charge in [-0.25, -0.2) is 0 Å². The molecule has 0 fully saturated rings. The van der Waals surface area contributed by atoms with E-state index in [1.807, 2.05) is 79.0 Å². The Morgan fingerprint density at radius 3 is 1.33 bits per heavy atom. The average Bonchev–Trinajstić information content (AvgIpc) is 3.83. The molecule has 0 amide bonds. The van der Waals surface area contributed by atoms with Gasteiger partial charge >= 0.3 is 0 Å². The van der Waals surface area contributed by atoms with Gasteiger partial charge in [-0.1, -0.05) is 159 Å². The van der Waals surface area contributed by atoms with Gasteiger partial charge in [-0.15, -0.1) is 0 Å². The molecule has 5 nitrogen and oxygen atoms in total. The Labute approximate surface area is 265 Å². The van der Waals surface area contributed by atoms with Crippen molar-refractivity contribution in [2.75, 3.05) is 0 Å². The SMILES string of the molecule is C.CC.CC.CC.CC.CC(C)c1ccccc1.CC(C)c1ccno1.CC(C)c1ccon1.CC(C)c1ccsn1.